The first-order valence-electron chi connectivity index (χ1n) is 6.19. The van der Waals surface area contributed by atoms with Crippen LogP contribution in [0.25, 0.3) is 0 Å². The van der Waals surface area contributed by atoms with Crippen molar-refractivity contribution in [3.8, 4) is 0 Å². The highest BCUT2D eigenvalue weighted by Crippen LogP contribution is 2.38. The first kappa shape index (κ1) is 12.6. The fourth-order valence-corrected chi connectivity index (χ4v) is 2.61. The van der Waals surface area contributed by atoms with Gasteiger partial charge in [0, 0.05) is 4.90 Å². The van der Waals surface area contributed by atoms with Crippen molar-refractivity contribution < 1.29 is 8.91 Å². The van der Waals surface area contributed by atoms with Crippen LogP contribution in [0.2, 0.25) is 0 Å². The average Bonchev–Trinajstić information content (AvgIpc) is 3.16. The van der Waals surface area contributed by atoms with Crippen molar-refractivity contribution in [1.82, 2.24) is 10.1 Å². The van der Waals surface area contributed by atoms with E-state index < -0.39 is 0 Å². The van der Waals surface area contributed by atoms with Crippen LogP contribution in [0, 0.1) is 11.7 Å². The van der Waals surface area contributed by atoms with E-state index in [2.05, 4.69) is 10.1 Å². The lowest BCUT2D eigenvalue weighted by molar-refractivity contribution is 0.341. The summed E-state index contributed by atoms with van der Waals surface area (Å²) < 4.78 is 18.6. The molecule has 100 valence electrons. The number of aromatic nitrogens is 2. The normalized spacial score (nSPS) is 16.5. The summed E-state index contributed by atoms with van der Waals surface area (Å²) in [5.74, 6) is 1.77. The summed E-state index contributed by atoms with van der Waals surface area (Å²) in [7, 11) is 0. The minimum Gasteiger partial charge on any atom is -0.338 e. The number of thioether (sulfide) groups is 1. The summed E-state index contributed by atoms with van der Waals surface area (Å²) in [4.78, 5) is 4.85. The summed E-state index contributed by atoms with van der Waals surface area (Å²) in [6.07, 6.45) is 2.26. The molecule has 0 aliphatic heterocycles. The highest BCUT2D eigenvalue weighted by atomic mass is 32.2. The van der Waals surface area contributed by atoms with Crippen molar-refractivity contribution >= 4 is 11.8 Å². The minimum atomic E-state index is -0.231. The van der Waals surface area contributed by atoms with Gasteiger partial charge >= 0.3 is 0 Å². The van der Waals surface area contributed by atoms with Crippen LogP contribution >= 0.6 is 11.8 Å². The number of halogens is 1. The van der Waals surface area contributed by atoms with E-state index in [4.69, 9.17) is 10.3 Å². The Balaban J connectivity index is 1.62. The summed E-state index contributed by atoms with van der Waals surface area (Å²) in [5, 5.41) is 3.88. The van der Waals surface area contributed by atoms with Crippen molar-refractivity contribution in [3.05, 3.63) is 41.8 Å². The van der Waals surface area contributed by atoms with Crippen LogP contribution in [0.15, 0.2) is 33.7 Å². The largest absolute Gasteiger partial charge is 0.338 e. The lowest BCUT2D eigenvalue weighted by atomic mass is 10.2. The Hall–Kier alpha value is -1.40. The summed E-state index contributed by atoms with van der Waals surface area (Å²) in [6.45, 7) is 0. The van der Waals surface area contributed by atoms with Gasteiger partial charge in [-0.1, -0.05) is 17.3 Å². The second kappa shape index (κ2) is 5.30. The molecule has 3 rings (SSSR count). The molecule has 1 saturated carbocycles. The van der Waals surface area contributed by atoms with Crippen LogP contribution in [-0.4, -0.2) is 10.1 Å². The molecule has 1 unspecified atom stereocenters. The van der Waals surface area contributed by atoms with Gasteiger partial charge in [0.2, 0.25) is 5.89 Å². The van der Waals surface area contributed by atoms with Gasteiger partial charge in [-0.3, -0.25) is 0 Å². The van der Waals surface area contributed by atoms with Crippen molar-refractivity contribution in [2.24, 2.45) is 11.7 Å². The third-order valence-electron chi connectivity index (χ3n) is 3.09. The molecule has 1 aromatic carbocycles. The summed E-state index contributed by atoms with van der Waals surface area (Å²) in [5.41, 5.74) is 5.98. The zero-order valence-electron chi connectivity index (χ0n) is 10.3. The van der Waals surface area contributed by atoms with Gasteiger partial charge in [-0.05, 0) is 30.9 Å². The van der Waals surface area contributed by atoms with Crippen LogP contribution in [-0.2, 0) is 5.75 Å². The minimum absolute atomic E-state index is 0.153. The summed E-state index contributed by atoms with van der Waals surface area (Å²) >= 11 is 1.35. The highest BCUT2D eigenvalue weighted by molar-refractivity contribution is 7.98. The van der Waals surface area contributed by atoms with Gasteiger partial charge in [0.05, 0.1) is 11.8 Å². The Morgan fingerprint density at radius 2 is 2.21 bits per heavy atom. The van der Waals surface area contributed by atoms with Gasteiger partial charge in [-0.15, -0.1) is 11.8 Å². The second-order valence-electron chi connectivity index (χ2n) is 4.63. The number of hydrogen-bond donors (Lipinski definition) is 1. The van der Waals surface area contributed by atoms with Crippen molar-refractivity contribution in [1.29, 1.82) is 0 Å². The molecule has 1 aromatic heterocycles. The van der Waals surface area contributed by atoms with E-state index >= 15 is 0 Å². The molecule has 1 heterocycles. The standard InChI is InChI=1S/C13H14FN3OS/c14-9-3-1-2-4-10(9)19-7-11-16-13(18-17-11)12(15)8-5-6-8/h1-4,8,12H,5-7,15H2. The Morgan fingerprint density at radius 3 is 2.95 bits per heavy atom. The van der Waals surface area contributed by atoms with Crippen LogP contribution in [0.3, 0.4) is 0 Å². The molecule has 1 aliphatic carbocycles. The number of benzene rings is 1. The molecule has 2 N–H and O–H groups in total. The molecule has 0 radical (unpaired) electrons. The van der Waals surface area contributed by atoms with E-state index in [0.717, 1.165) is 12.8 Å². The average molecular weight is 279 g/mol. The molecule has 0 bridgehead atoms. The topological polar surface area (TPSA) is 64.9 Å². The van der Waals surface area contributed by atoms with E-state index in [0.29, 0.717) is 28.3 Å². The van der Waals surface area contributed by atoms with Gasteiger partial charge in [0.15, 0.2) is 5.82 Å². The monoisotopic (exact) mass is 279 g/mol. The third-order valence-corrected chi connectivity index (χ3v) is 4.14. The molecule has 2 aromatic rings. The lowest BCUT2D eigenvalue weighted by Crippen LogP contribution is -2.12. The van der Waals surface area contributed by atoms with E-state index in [9.17, 15) is 4.39 Å². The fraction of sp³-hybridized carbons (Fsp3) is 0.385. The van der Waals surface area contributed by atoms with Gasteiger partial charge in [0.1, 0.15) is 5.82 Å². The van der Waals surface area contributed by atoms with Crippen LogP contribution in [0.5, 0.6) is 0 Å². The highest BCUT2D eigenvalue weighted by Gasteiger charge is 2.33. The predicted octanol–water partition coefficient (Wildman–Crippen LogP) is 2.91. The van der Waals surface area contributed by atoms with Crippen LogP contribution in [0.4, 0.5) is 4.39 Å². The van der Waals surface area contributed by atoms with E-state index in [-0.39, 0.29) is 11.9 Å². The number of nitrogens with zero attached hydrogens (tertiary/aromatic N) is 2. The molecule has 1 atom stereocenters. The molecule has 19 heavy (non-hydrogen) atoms. The Bertz CT molecular complexity index is 571. The first-order chi connectivity index (χ1) is 9.24. The van der Waals surface area contributed by atoms with Crippen LogP contribution < -0.4 is 5.73 Å². The predicted molar refractivity (Wildman–Crippen MR) is 69.9 cm³/mol. The molecular weight excluding hydrogens is 265 g/mol. The van der Waals surface area contributed by atoms with Crippen molar-refractivity contribution in [2.45, 2.75) is 29.5 Å². The maximum absolute atomic E-state index is 13.4. The zero-order chi connectivity index (χ0) is 13.2. The SMILES string of the molecule is NC(c1nc(CSc2ccccc2F)no1)C1CC1. The van der Waals surface area contributed by atoms with Crippen LogP contribution in [0.1, 0.15) is 30.6 Å². The number of rotatable bonds is 5. The number of hydrogen-bond acceptors (Lipinski definition) is 5. The molecule has 1 aliphatic rings. The molecule has 1 fully saturated rings. The fourth-order valence-electron chi connectivity index (χ4n) is 1.82. The molecule has 6 heteroatoms. The van der Waals surface area contributed by atoms with Gasteiger partial charge in [-0.25, -0.2) is 4.39 Å². The maximum atomic E-state index is 13.4. The second-order valence-corrected chi connectivity index (χ2v) is 5.65. The van der Waals surface area contributed by atoms with Crippen molar-refractivity contribution in [2.75, 3.05) is 0 Å². The Kier molecular flexibility index (Phi) is 3.52. The van der Waals surface area contributed by atoms with Gasteiger partial charge in [0.25, 0.3) is 0 Å². The maximum Gasteiger partial charge on any atom is 0.243 e. The van der Waals surface area contributed by atoms with E-state index in [1.54, 1.807) is 18.2 Å². The molecular formula is C13H14FN3OS. The van der Waals surface area contributed by atoms with E-state index in [1.807, 2.05) is 0 Å². The summed E-state index contributed by atoms with van der Waals surface area (Å²) in [6, 6.07) is 6.49. The van der Waals surface area contributed by atoms with Crippen molar-refractivity contribution in [3.63, 3.8) is 0 Å². The lowest BCUT2D eigenvalue weighted by Gasteiger charge is -2.01. The first-order valence-corrected chi connectivity index (χ1v) is 7.18. The quantitative estimate of drug-likeness (QED) is 0.852. The van der Waals surface area contributed by atoms with E-state index in [1.165, 1.54) is 17.8 Å². The molecule has 4 nitrogen and oxygen atoms in total. The molecule has 0 spiro atoms. The van der Waals surface area contributed by atoms with Gasteiger partial charge in [-0.2, -0.15) is 4.98 Å². The number of nitrogens with two attached hydrogens (primary N) is 1. The smallest absolute Gasteiger partial charge is 0.243 e. The molecule has 0 saturated heterocycles. The Morgan fingerprint density at radius 1 is 1.42 bits per heavy atom. The Labute approximate surface area is 114 Å². The third kappa shape index (κ3) is 2.96. The molecule has 0 amide bonds. The van der Waals surface area contributed by atoms with Gasteiger partial charge < -0.3 is 10.3 Å². The zero-order valence-corrected chi connectivity index (χ0v) is 11.1.